The van der Waals surface area contributed by atoms with Crippen molar-refractivity contribution in [2.75, 3.05) is 13.7 Å². The maximum atomic E-state index is 13.7. The van der Waals surface area contributed by atoms with Gasteiger partial charge in [0.05, 0.1) is 51.8 Å². The Morgan fingerprint density at radius 2 is 1.03 bits per heavy atom. The minimum atomic E-state index is -0.620. The number of carbonyl (C=O) groups excluding carboxylic acids is 1. The van der Waals surface area contributed by atoms with E-state index in [1.807, 2.05) is 97.1 Å². The van der Waals surface area contributed by atoms with Gasteiger partial charge in [-0.05, 0) is 71.9 Å². The van der Waals surface area contributed by atoms with Gasteiger partial charge in [0.1, 0.15) is 35.9 Å². The van der Waals surface area contributed by atoms with Crippen LogP contribution in [0.25, 0.3) is 11.0 Å². The molecule has 3 unspecified atom stereocenters. The van der Waals surface area contributed by atoms with E-state index in [1.54, 1.807) is 0 Å². The van der Waals surface area contributed by atoms with Crippen LogP contribution in [0.1, 0.15) is 98.2 Å². The van der Waals surface area contributed by atoms with Crippen LogP contribution in [0.2, 0.25) is 0 Å². The molecule has 0 radical (unpaired) electrons. The first-order chi connectivity index (χ1) is 32.6. The fraction of sp³-hybridized carbons (Fsp3) is 0.429. The van der Waals surface area contributed by atoms with Crippen LogP contribution < -0.4 is 0 Å². The van der Waals surface area contributed by atoms with Crippen molar-refractivity contribution in [3.8, 4) is 0 Å². The lowest BCUT2D eigenvalue weighted by atomic mass is 9.78. The molecule has 2 fully saturated rings. The van der Waals surface area contributed by atoms with Crippen LogP contribution in [-0.2, 0) is 59.6 Å². The first-order valence-electron chi connectivity index (χ1n) is 24.0. The number of benzene rings is 5. The molecule has 10 heteroatoms. The van der Waals surface area contributed by atoms with Crippen molar-refractivity contribution in [2.24, 2.45) is 11.8 Å². The second kappa shape index (κ2) is 25.0. The van der Waals surface area contributed by atoms with Crippen molar-refractivity contribution < 1.29 is 33.2 Å². The average Bonchev–Trinajstić information content (AvgIpc) is 3.36. The molecule has 0 bridgehead atoms. The molecule has 346 valence electrons. The second-order valence-corrected chi connectivity index (χ2v) is 17.9. The van der Waals surface area contributed by atoms with Crippen LogP contribution in [-0.4, -0.2) is 65.4 Å². The Morgan fingerprint density at radius 1 is 0.545 bits per heavy atom. The van der Waals surface area contributed by atoms with Gasteiger partial charge >= 0.3 is 5.97 Å². The van der Waals surface area contributed by atoms with Gasteiger partial charge in [-0.1, -0.05) is 172 Å². The van der Waals surface area contributed by atoms with E-state index >= 15 is 0 Å². The third kappa shape index (κ3) is 13.2. The van der Waals surface area contributed by atoms with Crippen molar-refractivity contribution in [3.63, 3.8) is 0 Å². The number of methoxy groups -OCH3 is 1. The van der Waals surface area contributed by atoms with E-state index < -0.39 is 30.3 Å². The number of carbonyl (C=O) groups is 1. The van der Waals surface area contributed by atoms with Gasteiger partial charge in [0.15, 0.2) is 5.82 Å². The maximum Gasteiger partial charge on any atom is 0.316 e. The molecule has 8 rings (SSSR count). The first-order valence-corrected chi connectivity index (χ1v) is 24.0. The standard InChI is InChI=1S/C56H65N3O7/c1-61-56(60)50(55-57-47-34-19-20-35-48(47)58-59-55)45-30-17-3-2-4-18-31-46(33-21-32-45)51-53(64-38-43-26-13-7-14-27-43)54(65-39-44-28-15-8-16-29-44)52(63-37-42-24-11-6-12-25-42)49(66-51)40-62-36-41-22-9-5-10-23-41/h5-16,19-20,22-29,34-35,45-46,49-54H,2-4,17-18,21,30-33,36-40H2,1H3/t45?,46?,49-,50?,51+,52-,53+,54+/m1/s1. The summed E-state index contributed by atoms with van der Waals surface area (Å²) in [4.78, 5) is 18.6. The van der Waals surface area contributed by atoms with Crippen LogP contribution in [0.3, 0.4) is 0 Å². The summed E-state index contributed by atoms with van der Waals surface area (Å²) in [6.45, 7) is 1.93. The molecule has 1 aromatic heterocycles. The zero-order chi connectivity index (χ0) is 45.2. The van der Waals surface area contributed by atoms with E-state index in [9.17, 15) is 4.79 Å². The molecular formula is C56H65N3O7. The highest BCUT2D eigenvalue weighted by Gasteiger charge is 2.50. The van der Waals surface area contributed by atoms with Gasteiger partial charge in [-0.3, -0.25) is 4.79 Å². The van der Waals surface area contributed by atoms with Gasteiger partial charge in [-0.25, -0.2) is 4.98 Å². The highest BCUT2D eigenvalue weighted by molar-refractivity contribution is 5.79. The van der Waals surface area contributed by atoms with E-state index in [0.717, 1.165) is 92.0 Å². The predicted octanol–water partition coefficient (Wildman–Crippen LogP) is 11.2. The zero-order valence-corrected chi connectivity index (χ0v) is 38.3. The first kappa shape index (κ1) is 47.1. The van der Waals surface area contributed by atoms with Gasteiger partial charge in [-0.2, -0.15) is 0 Å². The summed E-state index contributed by atoms with van der Waals surface area (Å²) in [6.07, 6.45) is 7.57. The van der Waals surface area contributed by atoms with E-state index in [0.29, 0.717) is 44.4 Å². The van der Waals surface area contributed by atoms with Gasteiger partial charge in [0.25, 0.3) is 0 Å². The highest BCUT2D eigenvalue weighted by atomic mass is 16.6. The molecule has 2 heterocycles. The van der Waals surface area contributed by atoms with Crippen molar-refractivity contribution in [3.05, 3.63) is 174 Å². The molecule has 66 heavy (non-hydrogen) atoms. The number of hydrogen-bond donors (Lipinski definition) is 0. The number of rotatable bonds is 17. The van der Waals surface area contributed by atoms with E-state index in [4.69, 9.17) is 33.4 Å². The van der Waals surface area contributed by atoms with Crippen molar-refractivity contribution in [1.29, 1.82) is 0 Å². The number of para-hydroxylation sites is 1. The van der Waals surface area contributed by atoms with Crippen LogP contribution in [0.5, 0.6) is 0 Å². The van der Waals surface area contributed by atoms with Gasteiger partial charge in [0, 0.05) is 0 Å². The maximum absolute atomic E-state index is 13.7. The third-order valence-corrected chi connectivity index (χ3v) is 13.3. The normalized spacial score (nSPS) is 23.6. The molecule has 0 spiro atoms. The minimum absolute atomic E-state index is 0.0188. The molecule has 1 aliphatic heterocycles. The Hall–Kier alpha value is -5.36. The summed E-state index contributed by atoms with van der Waals surface area (Å²) in [7, 11) is 1.46. The van der Waals surface area contributed by atoms with Crippen LogP contribution in [0.15, 0.2) is 146 Å². The van der Waals surface area contributed by atoms with Gasteiger partial charge in [0.2, 0.25) is 0 Å². The lowest BCUT2D eigenvalue weighted by Gasteiger charge is -2.48. The second-order valence-electron chi connectivity index (χ2n) is 17.9. The van der Waals surface area contributed by atoms with Crippen LogP contribution in [0, 0.1) is 11.8 Å². The van der Waals surface area contributed by atoms with Crippen LogP contribution >= 0.6 is 0 Å². The largest absolute Gasteiger partial charge is 0.468 e. The highest BCUT2D eigenvalue weighted by Crippen LogP contribution is 2.40. The molecule has 6 aromatic rings. The van der Waals surface area contributed by atoms with Gasteiger partial charge < -0.3 is 28.4 Å². The van der Waals surface area contributed by atoms with E-state index in [-0.39, 0.29) is 23.9 Å². The van der Waals surface area contributed by atoms with Gasteiger partial charge in [-0.15, -0.1) is 10.2 Å². The molecule has 0 amide bonds. The Kier molecular flexibility index (Phi) is 17.8. The summed E-state index contributed by atoms with van der Waals surface area (Å²) in [5.74, 6) is -0.405. The monoisotopic (exact) mass is 891 g/mol. The van der Waals surface area contributed by atoms with E-state index in [2.05, 4.69) is 58.7 Å². The number of fused-ring (bicyclic) bond motifs is 1. The third-order valence-electron chi connectivity index (χ3n) is 13.3. The number of aromatic nitrogens is 3. The zero-order valence-electron chi connectivity index (χ0n) is 38.3. The molecule has 8 atom stereocenters. The Labute approximate surface area is 390 Å². The van der Waals surface area contributed by atoms with Crippen molar-refractivity contribution in [2.45, 2.75) is 127 Å². The average molecular weight is 892 g/mol. The molecule has 0 N–H and O–H groups in total. The lowest BCUT2D eigenvalue weighted by molar-refractivity contribution is -0.282. The molecule has 1 saturated carbocycles. The Bertz CT molecular complexity index is 2320. The molecule has 1 saturated heterocycles. The SMILES string of the molecule is COC(=O)C(c1nnc2ccccc2n1)C1CCCCCCCC([C@@H]2O[C@H](COCc3ccccc3)[C@@H](OCc3ccccc3)[C@H](OCc3ccccc3)[C@H]2OCc2ccccc2)CCC1. The summed E-state index contributed by atoms with van der Waals surface area (Å²) in [5.41, 5.74) is 5.73. The van der Waals surface area contributed by atoms with Crippen molar-refractivity contribution in [1.82, 2.24) is 15.2 Å². The summed E-state index contributed by atoms with van der Waals surface area (Å²) >= 11 is 0. The number of esters is 1. The fourth-order valence-electron chi connectivity index (χ4n) is 9.80. The van der Waals surface area contributed by atoms with Crippen molar-refractivity contribution >= 4 is 17.0 Å². The smallest absolute Gasteiger partial charge is 0.316 e. The Morgan fingerprint density at radius 3 is 1.64 bits per heavy atom. The number of hydrogen-bond acceptors (Lipinski definition) is 10. The van der Waals surface area contributed by atoms with E-state index in [1.165, 1.54) is 7.11 Å². The quantitative estimate of drug-likeness (QED) is 0.0821. The summed E-state index contributed by atoms with van der Waals surface area (Å²) in [6, 6.07) is 48.8. The number of ether oxygens (including phenoxy) is 6. The molecular weight excluding hydrogens is 827 g/mol. The fourth-order valence-corrected chi connectivity index (χ4v) is 9.80. The Balaban J connectivity index is 1.12. The predicted molar refractivity (Wildman–Crippen MR) is 255 cm³/mol. The summed E-state index contributed by atoms with van der Waals surface area (Å²) in [5, 5.41) is 9.01. The van der Waals surface area contributed by atoms with Crippen LogP contribution in [0.4, 0.5) is 0 Å². The molecule has 5 aromatic carbocycles. The number of nitrogens with zero attached hydrogens (tertiary/aromatic N) is 3. The molecule has 1 aliphatic carbocycles. The topological polar surface area (TPSA) is 111 Å². The molecule has 10 nitrogen and oxygen atoms in total. The lowest BCUT2D eigenvalue weighted by Crippen LogP contribution is -2.62. The summed E-state index contributed by atoms with van der Waals surface area (Å²) < 4.78 is 40.8. The molecule has 2 aliphatic rings. The minimum Gasteiger partial charge on any atom is -0.468 e.